The maximum atomic E-state index is 14.8. The van der Waals surface area contributed by atoms with Crippen LogP contribution in [0.5, 0.6) is 0 Å². The van der Waals surface area contributed by atoms with Gasteiger partial charge in [0.25, 0.3) is 5.92 Å². The fourth-order valence-corrected chi connectivity index (χ4v) is 4.87. The normalized spacial score (nSPS) is 16.8. The first-order valence-electron chi connectivity index (χ1n) is 14.4. The van der Waals surface area contributed by atoms with Gasteiger partial charge in [-0.05, 0) is 80.3 Å². The van der Waals surface area contributed by atoms with Gasteiger partial charge >= 0.3 is 0 Å². The summed E-state index contributed by atoms with van der Waals surface area (Å²) in [5.74, 6) is -2.42. The summed E-state index contributed by atoms with van der Waals surface area (Å²) in [5.41, 5.74) is 1.79. The molecule has 2 saturated heterocycles. The van der Waals surface area contributed by atoms with E-state index in [4.69, 9.17) is 9.59 Å². The van der Waals surface area contributed by atoms with E-state index in [1.165, 1.54) is 31.0 Å². The summed E-state index contributed by atoms with van der Waals surface area (Å²) >= 11 is -2.29. The third kappa shape index (κ3) is 15.0. The van der Waals surface area contributed by atoms with Crippen LogP contribution in [0.25, 0.3) is 0 Å². The zero-order valence-electron chi connectivity index (χ0n) is 25.9. The number of alkyl halides is 2. The lowest BCUT2D eigenvalue weighted by Crippen LogP contribution is -2.44. The van der Waals surface area contributed by atoms with Gasteiger partial charge in [0.1, 0.15) is 19.4 Å². The molecule has 8 nitrogen and oxygen atoms in total. The Morgan fingerprint density at radius 2 is 1.44 bits per heavy atom. The predicted octanol–water partition coefficient (Wildman–Crippen LogP) is 6.03. The van der Waals surface area contributed by atoms with E-state index < -0.39 is 17.0 Å². The molecule has 12 heteroatoms. The second-order valence-corrected chi connectivity index (χ2v) is 11.0. The van der Waals surface area contributed by atoms with E-state index in [0.717, 1.165) is 19.4 Å². The van der Waals surface area contributed by atoms with Crippen LogP contribution in [-0.4, -0.2) is 80.0 Å². The van der Waals surface area contributed by atoms with E-state index in [2.05, 4.69) is 29.4 Å². The summed E-state index contributed by atoms with van der Waals surface area (Å²) < 4.78 is 63.7. The van der Waals surface area contributed by atoms with Gasteiger partial charge in [0, 0.05) is 56.1 Å². The Morgan fingerprint density at radius 3 is 1.91 bits per heavy atom. The number of carbonyl (C=O) groups is 2. The van der Waals surface area contributed by atoms with E-state index >= 15 is 0 Å². The van der Waals surface area contributed by atoms with Crippen LogP contribution in [0.4, 0.5) is 30.2 Å². The van der Waals surface area contributed by atoms with Crippen LogP contribution in [0, 0.1) is 11.7 Å². The van der Waals surface area contributed by atoms with Gasteiger partial charge in [-0.3, -0.25) is 4.21 Å². The molecule has 0 aromatic heterocycles. The number of unbranched alkanes of at least 4 members (excludes halogenated alkanes) is 1. The van der Waals surface area contributed by atoms with Gasteiger partial charge in [-0.1, -0.05) is 32.8 Å². The number of nitrogens with one attached hydrogen (secondary N) is 2. The fraction of sp³-hybridized carbons (Fsp3) is 0.548. The number of nitrogens with zero attached hydrogens (tertiary/aromatic N) is 2. The molecule has 1 unspecified atom stereocenters. The van der Waals surface area contributed by atoms with E-state index in [1.54, 1.807) is 24.3 Å². The monoisotopic (exact) mass is 629 g/mol. The molecule has 2 aromatic rings. The zero-order valence-corrected chi connectivity index (χ0v) is 26.7. The molecule has 0 bridgehead atoms. The molecule has 1 atom stereocenters. The molecule has 2 aliphatic heterocycles. The molecule has 0 aliphatic carbocycles. The summed E-state index contributed by atoms with van der Waals surface area (Å²) in [4.78, 5) is 20.3. The maximum Gasteiger partial charge on any atom is 0.250 e. The molecule has 0 amide bonds. The summed E-state index contributed by atoms with van der Waals surface area (Å²) in [7, 11) is 3.75. The largest absolute Gasteiger partial charge is 0.768 e. The smallest absolute Gasteiger partial charge is 0.250 e. The molecular weight excluding hydrogens is 581 g/mol. The first-order valence-corrected chi connectivity index (χ1v) is 15.5. The van der Waals surface area contributed by atoms with Crippen LogP contribution in [0.1, 0.15) is 52.4 Å². The Morgan fingerprint density at radius 1 is 0.930 bits per heavy atom. The molecule has 0 saturated carbocycles. The predicted molar refractivity (Wildman–Crippen MR) is 169 cm³/mol. The van der Waals surface area contributed by atoms with Crippen LogP contribution in [0.3, 0.4) is 0 Å². The average Bonchev–Trinajstić information content (AvgIpc) is 3.02. The Bertz CT molecular complexity index is 1030. The average molecular weight is 630 g/mol. The number of piperidine rings is 2. The second kappa shape index (κ2) is 22.7. The Labute approximate surface area is 257 Å². The number of carbonyl (C=O) groups excluding carboxylic acids is 2. The van der Waals surface area contributed by atoms with Crippen molar-refractivity contribution in [3.8, 4) is 0 Å². The number of para-hydroxylation sites is 1. The molecule has 43 heavy (non-hydrogen) atoms. The van der Waals surface area contributed by atoms with Crippen molar-refractivity contribution in [2.45, 2.75) is 63.2 Å². The van der Waals surface area contributed by atoms with Gasteiger partial charge in [-0.25, -0.2) is 13.2 Å². The second-order valence-electron chi connectivity index (χ2n) is 10.1. The minimum absolute atomic E-state index is 0.0677. The molecule has 0 radical (unpaired) electrons. The van der Waals surface area contributed by atoms with Crippen LogP contribution >= 0.6 is 0 Å². The molecule has 2 aliphatic rings. The minimum atomic E-state index is -2.53. The molecule has 2 fully saturated rings. The third-order valence-electron chi connectivity index (χ3n) is 6.85. The highest BCUT2D eigenvalue weighted by Gasteiger charge is 2.35. The van der Waals surface area contributed by atoms with Crippen LogP contribution in [-0.2, 0) is 20.7 Å². The standard InChI is InChI=1S/C23H28F3N3O2S.C4H10.C2H7N.2CH2O/c24-20-2-1-3-21(27-18-4-6-19(7-5-18)32(30)31)22(20)29-12-8-17(9-13-29)16-28-14-10-23(25,26)11-15-28;1-3-4-2;1-3-2;2*1-2/h1-7,17,27H,8-16H2,(H,30,31);3-4H2,1-2H3;3H,1-2H3;2*1H2/p-1. The number of hydrogen-bond donors (Lipinski definition) is 2. The number of likely N-dealkylation sites (tertiary alicyclic amines) is 1. The number of benzene rings is 2. The van der Waals surface area contributed by atoms with Gasteiger partial charge in [0.05, 0.1) is 11.4 Å². The highest BCUT2D eigenvalue weighted by Crippen LogP contribution is 2.35. The van der Waals surface area contributed by atoms with E-state index in [1.807, 2.05) is 32.6 Å². The van der Waals surface area contributed by atoms with Crippen LogP contribution < -0.4 is 15.5 Å². The number of halogens is 3. The summed E-state index contributed by atoms with van der Waals surface area (Å²) in [6, 6.07) is 11.2. The number of anilines is 3. The Kier molecular flexibility index (Phi) is 21.2. The zero-order chi connectivity index (χ0) is 32.8. The summed E-state index contributed by atoms with van der Waals surface area (Å²) in [6.45, 7) is 11.4. The van der Waals surface area contributed by atoms with Gasteiger partial charge in [0.2, 0.25) is 0 Å². The molecular formula is C31H48F3N4O4S-. The lowest BCUT2D eigenvalue weighted by molar-refractivity contribution is -0.0987. The van der Waals surface area contributed by atoms with Crippen molar-refractivity contribution in [2.24, 2.45) is 5.92 Å². The van der Waals surface area contributed by atoms with Gasteiger partial charge in [-0.2, -0.15) is 0 Å². The molecule has 2 heterocycles. The first-order chi connectivity index (χ1) is 20.6. The SMILES string of the molecule is C=O.C=O.CCCC.CNC.O=S([O-])c1ccc(Nc2cccc(F)c2N2CCC(CN3CCC(F)(F)CC3)CC2)cc1. The quantitative estimate of drug-likeness (QED) is 0.358. The molecule has 4 rings (SSSR count). The third-order valence-corrected chi connectivity index (χ3v) is 7.50. The van der Waals surface area contributed by atoms with E-state index in [-0.39, 0.29) is 23.6 Å². The van der Waals surface area contributed by atoms with E-state index in [0.29, 0.717) is 49.2 Å². The summed E-state index contributed by atoms with van der Waals surface area (Å²) in [5, 5.41) is 5.95. The maximum absolute atomic E-state index is 14.8. The highest BCUT2D eigenvalue weighted by molar-refractivity contribution is 7.79. The Hall–Kier alpha value is -2.80. The van der Waals surface area contributed by atoms with Gasteiger partial charge < -0.3 is 34.6 Å². The van der Waals surface area contributed by atoms with Gasteiger partial charge in [-0.15, -0.1) is 0 Å². The lowest BCUT2D eigenvalue weighted by atomic mass is 9.94. The van der Waals surface area contributed by atoms with Crippen molar-refractivity contribution >= 4 is 41.7 Å². The number of rotatable bonds is 7. The molecule has 244 valence electrons. The van der Waals surface area contributed by atoms with Crippen molar-refractivity contribution in [3.05, 3.63) is 48.3 Å². The fourth-order valence-electron chi connectivity index (χ4n) is 4.51. The molecule has 2 N–H and O–H groups in total. The molecule has 2 aromatic carbocycles. The van der Waals surface area contributed by atoms with Crippen molar-refractivity contribution in [1.29, 1.82) is 0 Å². The minimum Gasteiger partial charge on any atom is -0.768 e. The first kappa shape index (κ1) is 40.2. The highest BCUT2D eigenvalue weighted by atomic mass is 32.2. The van der Waals surface area contributed by atoms with Crippen molar-refractivity contribution < 1.29 is 31.5 Å². The Balaban J connectivity index is 0.00000141. The molecule has 0 spiro atoms. The van der Waals surface area contributed by atoms with Crippen molar-refractivity contribution in [2.75, 3.05) is 57.0 Å². The van der Waals surface area contributed by atoms with E-state index in [9.17, 15) is 21.9 Å². The topological polar surface area (TPSA) is 105 Å². The van der Waals surface area contributed by atoms with Crippen LogP contribution in [0.2, 0.25) is 0 Å². The van der Waals surface area contributed by atoms with Crippen molar-refractivity contribution in [1.82, 2.24) is 10.2 Å². The lowest BCUT2D eigenvalue weighted by Gasteiger charge is -2.38. The summed E-state index contributed by atoms with van der Waals surface area (Å²) in [6.07, 6.45) is 4.26. The number of hydrogen-bond acceptors (Lipinski definition) is 8. The van der Waals surface area contributed by atoms with Crippen LogP contribution in [0.15, 0.2) is 47.4 Å². The van der Waals surface area contributed by atoms with Crippen molar-refractivity contribution in [3.63, 3.8) is 0 Å². The van der Waals surface area contributed by atoms with Gasteiger partial charge in [0.15, 0.2) is 0 Å².